The van der Waals surface area contributed by atoms with Gasteiger partial charge in [0.05, 0.1) is 10.6 Å². The third-order valence-corrected chi connectivity index (χ3v) is 6.34. The zero-order chi connectivity index (χ0) is 21.3. The summed E-state index contributed by atoms with van der Waals surface area (Å²) in [4.78, 5) is 17.5. The predicted octanol–water partition coefficient (Wildman–Crippen LogP) is 6.54. The van der Waals surface area contributed by atoms with Crippen LogP contribution in [0.3, 0.4) is 0 Å². The molecular weight excluding hydrogens is 433 g/mol. The second-order valence-electron chi connectivity index (χ2n) is 7.27. The minimum absolute atomic E-state index is 0.241. The number of thiazole rings is 1. The molecule has 1 aliphatic carbocycles. The van der Waals surface area contributed by atoms with Gasteiger partial charge in [0.2, 0.25) is 0 Å². The first-order chi connectivity index (χ1) is 14.3. The molecular formula is C22H18ClF3N2OS. The second kappa shape index (κ2) is 8.40. The van der Waals surface area contributed by atoms with Gasteiger partial charge in [-0.25, -0.2) is 4.98 Å². The first-order valence-electron chi connectivity index (χ1n) is 9.53. The Bertz CT molecular complexity index is 1090. The highest BCUT2D eigenvalue weighted by Gasteiger charge is 2.33. The second-order valence-corrected chi connectivity index (χ2v) is 8.79. The van der Waals surface area contributed by atoms with Gasteiger partial charge in [0, 0.05) is 23.1 Å². The Morgan fingerprint density at radius 2 is 1.87 bits per heavy atom. The number of carbonyl (C=O) groups excluding carboxylic acids is 1. The van der Waals surface area contributed by atoms with E-state index in [4.69, 9.17) is 11.6 Å². The Morgan fingerprint density at radius 3 is 2.63 bits per heavy atom. The lowest BCUT2D eigenvalue weighted by Crippen LogP contribution is -2.13. The normalized spacial score (nSPS) is 13.7. The van der Waals surface area contributed by atoms with Crippen LogP contribution in [0.25, 0.3) is 0 Å². The number of nitrogens with one attached hydrogen (secondary N) is 1. The molecule has 0 saturated heterocycles. The topological polar surface area (TPSA) is 42.0 Å². The molecule has 156 valence electrons. The van der Waals surface area contributed by atoms with Gasteiger partial charge in [-0.3, -0.25) is 10.1 Å². The summed E-state index contributed by atoms with van der Waals surface area (Å²) in [6.07, 6.45) is 1.68. The molecule has 1 heterocycles. The lowest BCUT2D eigenvalue weighted by Gasteiger charge is -2.16. The van der Waals surface area contributed by atoms with Gasteiger partial charge in [-0.1, -0.05) is 23.7 Å². The van der Waals surface area contributed by atoms with Crippen LogP contribution in [0.2, 0.25) is 5.02 Å². The van der Waals surface area contributed by atoms with Gasteiger partial charge in [-0.15, -0.1) is 11.3 Å². The number of anilines is 1. The van der Waals surface area contributed by atoms with Crippen LogP contribution in [0, 0.1) is 0 Å². The van der Waals surface area contributed by atoms with Crippen LogP contribution >= 0.6 is 22.9 Å². The maximum atomic E-state index is 13.0. The van der Waals surface area contributed by atoms with Crippen LogP contribution in [0.4, 0.5) is 18.3 Å². The number of benzene rings is 2. The average Bonchev–Trinajstić information content (AvgIpc) is 3.15. The van der Waals surface area contributed by atoms with Crippen molar-refractivity contribution < 1.29 is 18.0 Å². The van der Waals surface area contributed by atoms with Crippen molar-refractivity contribution in [3.05, 3.63) is 80.3 Å². The Morgan fingerprint density at radius 1 is 1.10 bits per heavy atom. The van der Waals surface area contributed by atoms with Crippen LogP contribution in [0.1, 0.15) is 50.3 Å². The SMILES string of the molecule is O=C(Nc1ncc(Cc2ccc(Cl)c(C(F)(F)F)c2)s1)c1ccc2c(c1)CCCC2. The fraction of sp³-hybridized carbons (Fsp3) is 0.273. The van der Waals surface area contributed by atoms with E-state index in [-0.39, 0.29) is 17.4 Å². The van der Waals surface area contributed by atoms with Gasteiger partial charge in [-0.2, -0.15) is 13.2 Å². The zero-order valence-corrected chi connectivity index (χ0v) is 17.4. The van der Waals surface area contributed by atoms with E-state index in [1.165, 1.54) is 35.0 Å². The van der Waals surface area contributed by atoms with Crippen LogP contribution in [-0.4, -0.2) is 10.9 Å². The number of rotatable bonds is 4. The Labute approximate surface area is 180 Å². The summed E-state index contributed by atoms with van der Waals surface area (Å²) >= 11 is 6.91. The number of amides is 1. The molecule has 0 saturated carbocycles. The largest absolute Gasteiger partial charge is 0.417 e. The highest BCUT2D eigenvalue weighted by molar-refractivity contribution is 7.15. The summed E-state index contributed by atoms with van der Waals surface area (Å²) in [6.45, 7) is 0. The van der Waals surface area contributed by atoms with Gasteiger partial charge >= 0.3 is 6.18 Å². The van der Waals surface area contributed by atoms with Gasteiger partial charge in [0.1, 0.15) is 0 Å². The van der Waals surface area contributed by atoms with Crippen molar-refractivity contribution in [2.24, 2.45) is 0 Å². The van der Waals surface area contributed by atoms with Gasteiger partial charge < -0.3 is 0 Å². The van der Waals surface area contributed by atoms with Crippen molar-refractivity contribution in [3.63, 3.8) is 0 Å². The quantitative estimate of drug-likeness (QED) is 0.490. The van der Waals surface area contributed by atoms with Crippen LogP contribution < -0.4 is 5.32 Å². The van der Waals surface area contributed by atoms with Crippen molar-refractivity contribution in [1.29, 1.82) is 0 Å². The smallest absolute Gasteiger partial charge is 0.298 e. The monoisotopic (exact) mass is 450 g/mol. The number of fused-ring (bicyclic) bond motifs is 1. The summed E-state index contributed by atoms with van der Waals surface area (Å²) in [7, 11) is 0. The van der Waals surface area contributed by atoms with E-state index < -0.39 is 11.7 Å². The Hall–Kier alpha value is -2.38. The molecule has 3 aromatic rings. The molecule has 1 N–H and O–H groups in total. The average molecular weight is 451 g/mol. The van der Waals surface area contributed by atoms with Gasteiger partial charge in [0.25, 0.3) is 5.91 Å². The molecule has 0 aliphatic heterocycles. The Balaban J connectivity index is 1.45. The lowest BCUT2D eigenvalue weighted by atomic mass is 9.90. The first-order valence-corrected chi connectivity index (χ1v) is 10.7. The van der Waals surface area contributed by atoms with Crippen LogP contribution in [0.15, 0.2) is 42.6 Å². The number of hydrogen-bond donors (Lipinski definition) is 1. The third-order valence-electron chi connectivity index (χ3n) is 5.10. The number of carbonyl (C=O) groups is 1. The summed E-state index contributed by atoms with van der Waals surface area (Å²) in [5.41, 5.74) is 2.72. The highest BCUT2D eigenvalue weighted by Crippen LogP contribution is 2.36. The van der Waals surface area contributed by atoms with Gasteiger partial charge in [0.15, 0.2) is 5.13 Å². The summed E-state index contributed by atoms with van der Waals surface area (Å²) in [5, 5.41) is 2.87. The predicted molar refractivity (Wildman–Crippen MR) is 112 cm³/mol. The minimum Gasteiger partial charge on any atom is -0.298 e. The molecule has 1 aromatic heterocycles. The lowest BCUT2D eigenvalue weighted by molar-refractivity contribution is -0.137. The van der Waals surface area contributed by atoms with E-state index in [0.29, 0.717) is 16.3 Å². The van der Waals surface area contributed by atoms with Crippen molar-refractivity contribution in [1.82, 2.24) is 4.98 Å². The maximum Gasteiger partial charge on any atom is 0.417 e. The number of aryl methyl sites for hydroxylation is 2. The maximum absolute atomic E-state index is 13.0. The van der Waals surface area contributed by atoms with E-state index >= 15 is 0 Å². The van der Waals surface area contributed by atoms with E-state index in [9.17, 15) is 18.0 Å². The molecule has 0 spiro atoms. The molecule has 1 amide bonds. The molecule has 0 atom stereocenters. The van der Waals surface area contributed by atoms with Crippen molar-refractivity contribution >= 4 is 34.0 Å². The number of halogens is 4. The summed E-state index contributed by atoms with van der Waals surface area (Å²) < 4.78 is 39.1. The number of hydrogen-bond acceptors (Lipinski definition) is 3. The van der Waals surface area contributed by atoms with E-state index in [1.807, 2.05) is 18.2 Å². The molecule has 3 nitrogen and oxygen atoms in total. The summed E-state index contributed by atoms with van der Waals surface area (Å²) in [5.74, 6) is -0.241. The first kappa shape index (κ1) is 20.9. The number of alkyl halides is 3. The zero-order valence-electron chi connectivity index (χ0n) is 15.9. The van der Waals surface area contributed by atoms with Crippen molar-refractivity contribution in [2.45, 2.75) is 38.3 Å². The fourth-order valence-electron chi connectivity index (χ4n) is 3.59. The van der Waals surface area contributed by atoms with Crippen LogP contribution in [-0.2, 0) is 25.4 Å². The summed E-state index contributed by atoms with van der Waals surface area (Å²) in [6, 6.07) is 9.62. The molecule has 4 rings (SSSR count). The Kier molecular flexibility index (Phi) is 5.84. The van der Waals surface area contributed by atoms with E-state index in [2.05, 4.69) is 10.3 Å². The molecule has 2 aromatic carbocycles. The van der Waals surface area contributed by atoms with Gasteiger partial charge in [-0.05, 0) is 66.6 Å². The van der Waals surface area contributed by atoms with E-state index in [0.717, 1.165) is 30.2 Å². The molecule has 0 unspecified atom stereocenters. The molecule has 8 heteroatoms. The highest BCUT2D eigenvalue weighted by atomic mass is 35.5. The fourth-order valence-corrected chi connectivity index (χ4v) is 4.66. The molecule has 0 fully saturated rings. The number of nitrogens with zero attached hydrogens (tertiary/aromatic N) is 1. The molecule has 30 heavy (non-hydrogen) atoms. The molecule has 0 radical (unpaired) electrons. The van der Waals surface area contributed by atoms with Crippen molar-refractivity contribution in [2.75, 3.05) is 5.32 Å². The molecule has 0 bridgehead atoms. The van der Waals surface area contributed by atoms with Crippen molar-refractivity contribution in [3.8, 4) is 0 Å². The minimum atomic E-state index is -4.51. The third kappa shape index (κ3) is 4.68. The van der Waals surface area contributed by atoms with Crippen LogP contribution in [0.5, 0.6) is 0 Å². The number of aromatic nitrogens is 1. The standard InChI is InChI=1S/C22H18ClF3N2OS/c23-19-8-5-13(10-18(19)22(24,25)26)9-17-12-27-21(30-17)28-20(29)16-7-6-14-3-1-2-4-15(14)11-16/h5-8,10-12H,1-4,9H2,(H,27,28,29). The molecule has 1 aliphatic rings. The van der Waals surface area contributed by atoms with E-state index in [1.54, 1.807) is 12.3 Å².